The summed E-state index contributed by atoms with van der Waals surface area (Å²) < 4.78 is 0. The Morgan fingerprint density at radius 3 is 2.42 bits per heavy atom. The number of carbonyl (C=O) groups excluding carboxylic acids is 1. The molecule has 19 heavy (non-hydrogen) atoms. The van der Waals surface area contributed by atoms with Gasteiger partial charge in [-0.05, 0) is 49.9 Å². The van der Waals surface area contributed by atoms with Gasteiger partial charge in [-0.15, -0.1) is 0 Å². The molecule has 0 spiro atoms. The van der Waals surface area contributed by atoms with Gasteiger partial charge in [0.1, 0.15) is 0 Å². The molecule has 1 amide bonds. The molecule has 1 atom stereocenters. The van der Waals surface area contributed by atoms with Crippen molar-refractivity contribution in [1.29, 1.82) is 0 Å². The Kier molecular flexibility index (Phi) is 4.43. The molecule has 0 saturated carbocycles. The maximum Gasteiger partial charge on any atom is 0.240 e. The second kappa shape index (κ2) is 6.06. The Morgan fingerprint density at radius 2 is 1.89 bits per heavy atom. The first-order valence-corrected chi connectivity index (χ1v) is 6.97. The van der Waals surface area contributed by atoms with Gasteiger partial charge in [-0.1, -0.05) is 6.92 Å². The van der Waals surface area contributed by atoms with Crippen LogP contribution in [0.3, 0.4) is 0 Å². The molecule has 4 nitrogen and oxygen atoms in total. The fraction of sp³-hybridized carbons (Fsp3) is 0.533. The number of benzene rings is 1. The van der Waals surface area contributed by atoms with Crippen molar-refractivity contribution in [2.24, 2.45) is 11.7 Å². The summed E-state index contributed by atoms with van der Waals surface area (Å²) in [6.45, 7) is 6.22. The van der Waals surface area contributed by atoms with Crippen LogP contribution in [0.25, 0.3) is 0 Å². The standard InChI is InChI=1S/C15H23N3O/c1-11-7-9-18(10-8-11)14-5-3-13(4-6-14)17-15(19)12(2)16/h3-6,11-12H,7-10,16H2,1-2H3,(H,17,19). The van der Waals surface area contributed by atoms with Crippen molar-refractivity contribution in [3.63, 3.8) is 0 Å². The second-order valence-corrected chi connectivity index (χ2v) is 5.49. The molecule has 0 bridgehead atoms. The molecule has 1 aromatic rings. The van der Waals surface area contributed by atoms with E-state index >= 15 is 0 Å². The fourth-order valence-electron chi connectivity index (χ4n) is 2.28. The molecule has 0 aromatic heterocycles. The summed E-state index contributed by atoms with van der Waals surface area (Å²) in [5.74, 6) is 0.681. The molecular weight excluding hydrogens is 238 g/mol. The van der Waals surface area contributed by atoms with Gasteiger partial charge in [0.25, 0.3) is 0 Å². The molecular formula is C15H23N3O. The third-order valence-electron chi connectivity index (χ3n) is 3.70. The molecule has 4 heteroatoms. The quantitative estimate of drug-likeness (QED) is 0.877. The summed E-state index contributed by atoms with van der Waals surface area (Å²) in [6.07, 6.45) is 2.51. The molecule has 1 saturated heterocycles. The van der Waals surface area contributed by atoms with Crippen molar-refractivity contribution < 1.29 is 4.79 Å². The van der Waals surface area contributed by atoms with Crippen molar-refractivity contribution in [1.82, 2.24) is 0 Å². The fourth-order valence-corrected chi connectivity index (χ4v) is 2.28. The van der Waals surface area contributed by atoms with Crippen LogP contribution < -0.4 is 16.0 Å². The minimum absolute atomic E-state index is 0.153. The van der Waals surface area contributed by atoms with Gasteiger partial charge < -0.3 is 16.0 Å². The Bertz CT molecular complexity index is 420. The number of nitrogens with two attached hydrogens (primary N) is 1. The highest BCUT2D eigenvalue weighted by atomic mass is 16.2. The zero-order valence-corrected chi connectivity index (χ0v) is 11.7. The molecule has 104 valence electrons. The molecule has 1 aliphatic heterocycles. The van der Waals surface area contributed by atoms with Gasteiger partial charge in [0.05, 0.1) is 6.04 Å². The van der Waals surface area contributed by atoms with Crippen LogP contribution in [0.15, 0.2) is 24.3 Å². The molecule has 1 heterocycles. The van der Waals surface area contributed by atoms with Crippen LogP contribution in [-0.4, -0.2) is 25.0 Å². The minimum Gasteiger partial charge on any atom is -0.372 e. The zero-order chi connectivity index (χ0) is 13.8. The van der Waals surface area contributed by atoms with Crippen LogP contribution in [-0.2, 0) is 4.79 Å². The molecule has 1 unspecified atom stereocenters. The third kappa shape index (κ3) is 3.70. The van der Waals surface area contributed by atoms with Crippen LogP contribution in [0.4, 0.5) is 11.4 Å². The van der Waals surface area contributed by atoms with Crippen molar-refractivity contribution >= 4 is 17.3 Å². The van der Waals surface area contributed by atoms with E-state index in [4.69, 9.17) is 5.73 Å². The summed E-state index contributed by atoms with van der Waals surface area (Å²) in [6, 6.07) is 7.52. The van der Waals surface area contributed by atoms with Crippen molar-refractivity contribution in [2.45, 2.75) is 32.7 Å². The van der Waals surface area contributed by atoms with Crippen molar-refractivity contribution in [3.05, 3.63) is 24.3 Å². The molecule has 1 fully saturated rings. The maximum atomic E-state index is 11.5. The molecule has 1 aromatic carbocycles. The Hall–Kier alpha value is -1.55. The van der Waals surface area contributed by atoms with Crippen LogP contribution >= 0.6 is 0 Å². The van der Waals surface area contributed by atoms with Crippen LogP contribution in [0.5, 0.6) is 0 Å². The monoisotopic (exact) mass is 261 g/mol. The van der Waals surface area contributed by atoms with Gasteiger partial charge in [0.15, 0.2) is 0 Å². The Balaban J connectivity index is 1.96. The van der Waals surface area contributed by atoms with Gasteiger partial charge in [0.2, 0.25) is 5.91 Å². The maximum absolute atomic E-state index is 11.5. The number of nitrogens with zero attached hydrogens (tertiary/aromatic N) is 1. The third-order valence-corrected chi connectivity index (χ3v) is 3.70. The van der Waals surface area contributed by atoms with Crippen LogP contribution in [0.2, 0.25) is 0 Å². The molecule has 0 aliphatic carbocycles. The topological polar surface area (TPSA) is 58.4 Å². The first kappa shape index (κ1) is 13.9. The first-order valence-electron chi connectivity index (χ1n) is 6.97. The van der Waals surface area contributed by atoms with Crippen LogP contribution in [0.1, 0.15) is 26.7 Å². The molecule has 3 N–H and O–H groups in total. The Labute approximate surface area is 115 Å². The Morgan fingerprint density at radius 1 is 1.32 bits per heavy atom. The van der Waals surface area contributed by atoms with Gasteiger partial charge in [-0.3, -0.25) is 4.79 Å². The number of hydrogen-bond acceptors (Lipinski definition) is 3. The SMILES string of the molecule is CC1CCN(c2ccc(NC(=O)C(C)N)cc2)CC1. The molecule has 2 rings (SSSR count). The predicted octanol–water partition coefficient (Wildman–Crippen LogP) is 2.21. The summed E-state index contributed by atoms with van der Waals surface area (Å²) >= 11 is 0. The molecule has 0 radical (unpaired) electrons. The van der Waals surface area contributed by atoms with E-state index in [0.29, 0.717) is 0 Å². The lowest BCUT2D eigenvalue weighted by Crippen LogP contribution is -2.33. The van der Waals surface area contributed by atoms with Crippen molar-refractivity contribution in [2.75, 3.05) is 23.3 Å². The summed E-state index contributed by atoms with van der Waals surface area (Å²) in [4.78, 5) is 13.9. The summed E-state index contributed by atoms with van der Waals surface area (Å²) in [5, 5.41) is 2.80. The number of amides is 1. The summed E-state index contributed by atoms with van der Waals surface area (Å²) in [5.41, 5.74) is 7.55. The zero-order valence-electron chi connectivity index (χ0n) is 11.7. The normalized spacial score (nSPS) is 18.2. The largest absolute Gasteiger partial charge is 0.372 e. The summed E-state index contributed by atoms with van der Waals surface area (Å²) in [7, 11) is 0. The van der Waals surface area contributed by atoms with E-state index in [1.807, 2.05) is 12.1 Å². The lowest BCUT2D eigenvalue weighted by atomic mass is 9.99. The molecule has 1 aliphatic rings. The smallest absolute Gasteiger partial charge is 0.240 e. The van der Waals surface area contributed by atoms with E-state index < -0.39 is 6.04 Å². The highest BCUT2D eigenvalue weighted by Crippen LogP contribution is 2.24. The number of carbonyl (C=O) groups is 1. The highest BCUT2D eigenvalue weighted by molar-refractivity contribution is 5.94. The van der Waals surface area contributed by atoms with Gasteiger partial charge in [-0.25, -0.2) is 0 Å². The average Bonchev–Trinajstić information content (AvgIpc) is 2.40. The van der Waals surface area contributed by atoms with E-state index in [2.05, 4.69) is 29.3 Å². The number of anilines is 2. The highest BCUT2D eigenvalue weighted by Gasteiger charge is 2.16. The minimum atomic E-state index is -0.483. The van der Waals surface area contributed by atoms with Crippen molar-refractivity contribution in [3.8, 4) is 0 Å². The van der Waals surface area contributed by atoms with E-state index in [-0.39, 0.29) is 5.91 Å². The second-order valence-electron chi connectivity index (χ2n) is 5.49. The van der Waals surface area contributed by atoms with Gasteiger partial charge in [-0.2, -0.15) is 0 Å². The number of hydrogen-bond donors (Lipinski definition) is 2. The van der Waals surface area contributed by atoms with Crippen LogP contribution in [0, 0.1) is 5.92 Å². The van der Waals surface area contributed by atoms with Gasteiger partial charge in [0, 0.05) is 24.5 Å². The van der Waals surface area contributed by atoms with E-state index in [1.54, 1.807) is 6.92 Å². The van der Waals surface area contributed by atoms with E-state index in [0.717, 1.165) is 24.7 Å². The van der Waals surface area contributed by atoms with E-state index in [9.17, 15) is 4.79 Å². The van der Waals surface area contributed by atoms with Gasteiger partial charge >= 0.3 is 0 Å². The predicted molar refractivity (Wildman–Crippen MR) is 79.3 cm³/mol. The average molecular weight is 261 g/mol. The first-order chi connectivity index (χ1) is 9.06. The number of nitrogens with one attached hydrogen (secondary N) is 1. The lowest BCUT2D eigenvalue weighted by molar-refractivity contribution is -0.117. The lowest BCUT2D eigenvalue weighted by Gasteiger charge is -2.32. The van der Waals surface area contributed by atoms with E-state index in [1.165, 1.54) is 18.5 Å². The number of rotatable bonds is 3. The number of piperidine rings is 1.